The van der Waals surface area contributed by atoms with E-state index in [4.69, 9.17) is 5.11 Å². The van der Waals surface area contributed by atoms with Gasteiger partial charge in [0.15, 0.2) is 5.82 Å². The maximum atomic E-state index is 10.8. The maximum Gasteiger partial charge on any atom is 0.306 e. The molecular formula is C14H19N5O2. The average Bonchev–Trinajstić information content (AvgIpc) is 2.93. The van der Waals surface area contributed by atoms with Gasteiger partial charge in [-0.3, -0.25) is 4.79 Å². The van der Waals surface area contributed by atoms with Crippen molar-refractivity contribution in [1.29, 1.82) is 0 Å². The molecule has 0 saturated carbocycles. The number of rotatable bonds is 6. The highest BCUT2D eigenvalue weighted by Gasteiger charge is 2.14. The van der Waals surface area contributed by atoms with E-state index in [0.717, 1.165) is 11.3 Å². The summed E-state index contributed by atoms with van der Waals surface area (Å²) in [6.45, 7) is 2.16. The second-order valence-electron chi connectivity index (χ2n) is 5.19. The Morgan fingerprint density at radius 2 is 2.00 bits per heavy atom. The SMILES string of the molecule is CC(CCn1nnnc1-c1ccc(N(C)C)cc1)C(=O)O. The van der Waals surface area contributed by atoms with E-state index in [2.05, 4.69) is 15.5 Å². The zero-order valence-electron chi connectivity index (χ0n) is 12.4. The van der Waals surface area contributed by atoms with E-state index >= 15 is 0 Å². The molecule has 7 heteroatoms. The smallest absolute Gasteiger partial charge is 0.306 e. The molecule has 0 saturated heterocycles. The van der Waals surface area contributed by atoms with Crippen LogP contribution in [0.1, 0.15) is 13.3 Å². The molecule has 0 amide bonds. The quantitative estimate of drug-likeness (QED) is 0.868. The van der Waals surface area contributed by atoms with E-state index in [1.807, 2.05) is 43.3 Å². The first kappa shape index (κ1) is 15.0. The van der Waals surface area contributed by atoms with Crippen molar-refractivity contribution in [2.24, 2.45) is 5.92 Å². The van der Waals surface area contributed by atoms with Crippen molar-refractivity contribution in [2.45, 2.75) is 19.9 Å². The summed E-state index contributed by atoms with van der Waals surface area (Å²) >= 11 is 0. The van der Waals surface area contributed by atoms with Gasteiger partial charge < -0.3 is 10.0 Å². The summed E-state index contributed by atoms with van der Waals surface area (Å²) in [5.41, 5.74) is 2.01. The van der Waals surface area contributed by atoms with Crippen LogP contribution in [0.5, 0.6) is 0 Å². The Balaban J connectivity index is 2.14. The molecule has 112 valence electrons. The lowest BCUT2D eigenvalue weighted by Gasteiger charge is -2.12. The minimum absolute atomic E-state index is 0.418. The van der Waals surface area contributed by atoms with Gasteiger partial charge in [0.05, 0.1) is 5.92 Å². The molecule has 0 fully saturated rings. The van der Waals surface area contributed by atoms with Crippen molar-refractivity contribution in [3.05, 3.63) is 24.3 Å². The zero-order chi connectivity index (χ0) is 15.4. The fraction of sp³-hybridized carbons (Fsp3) is 0.429. The first-order valence-corrected chi connectivity index (χ1v) is 6.75. The molecule has 0 spiro atoms. The summed E-state index contributed by atoms with van der Waals surface area (Å²) in [7, 11) is 3.96. The molecule has 0 aliphatic rings. The highest BCUT2D eigenvalue weighted by molar-refractivity contribution is 5.69. The number of aliphatic carboxylic acids is 1. The molecule has 2 aromatic rings. The van der Waals surface area contributed by atoms with E-state index in [9.17, 15) is 4.79 Å². The third kappa shape index (κ3) is 3.56. The largest absolute Gasteiger partial charge is 0.481 e. The Morgan fingerprint density at radius 1 is 1.33 bits per heavy atom. The molecule has 1 aromatic heterocycles. The third-order valence-electron chi connectivity index (χ3n) is 3.37. The standard InChI is InChI=1S/C14H19N5O2/c1-10(14(20)21)8-9-19-13(15-16-17-19)11-4-6-12(7-5-11)18(2)3/h4-7,10H,8-9H2,1-3H3,(H,20,21). The minimum Gasteiger partial charge on any atom is -0.481 e. The first-order valence-electron chi connectivity index (χ1n) is 6.75. The van der Waals surface area contributed by atoms with Gasteiger partial charge in [-0.25, -0.2) is 4.68 Å². The fourth-order valence-electron chi connectivity index (χ4n) is 1.91. The van der Waals surface area contributed by atoms with Crippen molar-refractivity contribution in [1.82, 2.24) is 20.2 Å². The van der Waals surface area contributed by atoms with Crippen LogP contribution >= 0.6 is 0 Å². The first-order chi connectivity index (χ1) is 9.99. The number of nitrogens with zero attached hydrogens (tertiary/aromatic N) is 5. The van der Waals surface area contributed by atoms with E-state index < -0.39 is 11.9 Å². The van der Waals surface area contributed by atoms with Crippen LogP contribution in [0.3, 0.4) is 0 Å². The molecule has 0 radical (unpaired) electrons. The lowest BCUT2D eigenvalue weighted by molar-refractivity contribution is -0.141. The van der Waals surface area contributed by atoms with Gasteiger partial charge in [0, 0.05) is 31.9 Å². The summed E-state index contributed by atoms with van der Waals surface area (Å²) in [5, 5.41) is 20.6. The minimum atomic E-state index is -0.806. The Kier molecular flexibility index (Phi) is 4.52. The number of carbonyl (C=O) groups is 1. The maximum absolute atomic E-state index is 10.8. The van der Waals surface area contributed by atoms with Gasteiger partial charge in [-0.05, 0) is 41.1 Å². The number of hydrogen-bond acceptors (Lipinski definition) is 5. The number of aromatic nitrogens is 4. The van der Waals surface area contributed by atoms with Gasteiger partial charge >= 0.3 is 5.97 Å². The molecule has 1 aromatic carbocycles. The van der Waals surface area contributed by atoms with Crippen LogP contribution < -0.4 is 4.90 Å². The van der Waals surface area contributed by atoms with Crippen molar-refractivity contribution < 1.29 is 9.90 Å². The number of benzene rings is 1. The van der Waals surface area contributed by atoms with Crippen molar-refractivity contribution in [2.75, 3.05) is 19.0 Å². The molecule has 0 bridgehead atoms. The molecule has 0 aliphatic carbocycles. The summed E-state index contributed by atoms with van der Waals surface area (Å²) < 4.78 is 1.64. The van der Waals surface area contributed by atoms with Gasteiger partial charge in [-0.2, -0.15) is 0 Å². The molecule has 1 N–H and O–H groups in total. The fourth-order valence-corrected chi connectivity index (χ4v) is 1.91. The molecule has 1 heterocycles. The Hall–Kier alpha value is -2.44. The predicted octanol–water partition coefficient (Wildman–Crippen LogP) is 1.52. The monoisotopic (exact) mass is 289 g/mol. The lowest BCUT2D eigenvalue weighted by atomic mass is 10.1. The zero-order valence-corrected chi connectivity index (χ0v) is 12.4. The Bertz CT molecular complexity index is 606. The molecule has 21 heavy (non-hydrogen) atoms. The molecule has 1 atom stereocenters. The van der Waals surface area contributed by atoms with Crippen LogP contribution in [0.2, 0.25) is 0 Å². The van der Waals surface area contributed by atoms with Crippen molar-refractivity contribution in [3.63, 3.8) is 0 Å². The number of carboxylic acid groups (broad SMARTS) is 1. The van der Waals surface area contributed by atoms with Crippen LogP contribution in [0.4, 0.5) is 5.69 Å². The number of hydrogen-bond donors (Lipinski definition) is 1. The van der Waals surface area contributed by atoms with Crippen LogP contribution in [-0.2, 0) is 11.3 Å². The van der Waals surface area contributed by atoms with Gasteiger partial charge in [0.25, 0.3) is 0 Å². The normalized spacial score (nSPS) is 12.1. The van der Waals surface area contributed by atoms with Gasteiger partial charge in [0.1, 0.15) is 0 Å². The summed E-state index contributed by atoms with van der Waals surface area (Å²) in [6, 6.07) is 7.90. The highest BCUT2D eigenvalue weighted by atomic mass is 16.4. The van der Waals surface area contributed by atoms with E-state index in [1.165, 1.54) is 0 Å². The van der Waals surface area contributed by atoms with Crippen LogP contribution in [-0.4, -0.2) is 45.4 Å². The molecule has 2 rings (SSSR count). The number of anilines is 1. The van der Waals surface area contributed by atoms with Gasteiger partial charge in [0.2, 0.25) is 0 Å². The Labute approximate surface area is 123 Å². The Morgan fingerprint density at radius 3 is 2.57 bits per heavy atom. The highest BCUT2D eigenvalue weighted by Crippen LogP contribution is 2.20. The second kappa shape index (κ2) is 6.34. The number of aryl methyl sites for hydroxylation is 1. The molecule has 7 nitrogen and oxygen atoms in total. The van der Waals surface area contributed by atoms with Crippen LogP contribution in [0.25, 0.3) is 11.4 Å². The van der Waals surface area contributed by atoms with E-state index in [-0.39, 0.29) is 0 Å². The van der Waals surface area contributed by atoms with Crippen LogP contribution in [0.15, 0.2) is 24.3 Å². The lowest BCUT2D eigenvalue weighted by Crippen LogP contribution is -2.14. The van der Waals surface area contributed by atoms with Crippen molar-refractivity contribution in [3.8, 4) is 11.4 Å². The summed E-state index contributed by atoms with van der Waals surface area (Å²) in [4.78, 5) is 12.9. The molecule has 0 aliphatic heterocycles. The van der Waals surface area contributed by atoms with E-state index in [1.54, 1.807) is 11.6 Å². The molecule has 1 unspecified atom stereocenters. The van der Waals surface area contributed by atoms with Crippen molar-refractivity contribution >= 4 is 11.7 Å². The van der Waals surface area contributed by atoms with Crippen LogP contribution in [0, 0.1) is 5.92 Å². The number of carboxylic acids is 1. The third-order valence-corrected chi connectivity index (χ3v) is 3.37. The summed E-state index contributed by atoms with van der Waals surface area (Å²) in [6.07, 6.45) is 0.489. The van der Waals surface area contributed by atoms with E-state index in [0.29, 0.717) is 18.8 Å². The predicted molar refractivity (Wildman–Crippen MR) is 79.0 cm³/mol. The topological polar surface area (TPSA) is 84.1 Å². The average molecular weight is 289 g/mol. The van der Waals surface area contributed by atoms with Gasteiger partial charge in [-0.1, -0.05) is 6.92 Å². The second-order valence-corrected chi connectivity index (χ2v) is 5.19. The molecular weight excluding hydrogens is 270 g/mol. The summed E-state index contributed by atoms with van der Waals surface area (Å²) in [5.74, 6) is -0.573. The number of tetrazole rings is 1. The van der Waals surface area contributed by atoms with Gasteiger partial charge in [-0.15, -0.1) is 5.10 Å².